The van der Waals surface area contributed by atoms with Gasteiger partial charge in [-0.05, 0) is 44.0 Å². The minimum Gasteiger partial charge on any atom is -0.372 e. The molecule has 0 saturated carbocycles. The Morgan fingerprint density at radius 2 is 1.75 bits per heavy atom. The molecule has 0 aliphatic heterocycles. The van der Waals surface area contributed by atoms with Crippen LogP contribution in [0.25, 0.3) is 0 Å². The molecule has 88 valence electrons. The van der Waals surface area contributed by atoms with Gasteiger partial charge in [-0.25, -0.2) is 0 Å². The Morgan fingerprint density at radius 3 is 2.19 bits per heavy atom. The van der Waals surface area contributed by atoms with E-state index in [1.165, 1.54) is 7.11 Å². The van der Waals surface area contributed by atoms with Crippen LogP contribution in [0.15, 0.2) is 18.2 Å². The summed E-state index contributed by atoms with van der Waals surface area (Å²) >= 11 is 0. The van der Waals surface area contributed by atoms with Gasteiger partial charge in [-0.2, -0.15) is 0 Å². The lowest BCUT2D eigenvalue weighted by Crippen LogP contribution is -2.35. The van der Waals surface area contributed by atoms with Crippen molar-refractivity contribution < 1.29 is 9.53 Å². The molecule has 1 aromatic carbocycles. The van der Waals surface area contributed by atoms with Crippen LogP contribution in [0.2, 0.25) is 0 Å². The summed E-state index contributed by atoms with van der Waals surface area (Å²) in [7, 11) is 3.31. The number of anilines is 1. The highest BCUT2D eigenvalue weighted by Gasteiger charge is 2.18. The second kappa shape index (κ2) is 5.12. The molecule has 1 atom stereocenters. The van der Waals surface area contributed by atoms with Crippen molar-refractivity contribution in [2.75, 3.05) is 19.1 Å². The van der Waals surface area contributed by atoms with Crippen molar-refractivity contribution in [2.24, 2.45) is 0 Å². The molecule has 1 aromatic rings. The maximum Gasteiger partial charge on any atom is 0.255 e. The summed E-state index contributed by atoms with van der Waals surface area (Å²) in [6, 6.07) is 6.07. The lowest BCUT2D eigenvalue weighted by atomic mass is 10.1. The number of rotatable bonds is 3. The first-order valence-electron chi connectivity index (χ1n) is 5.34. The lowest BCUT2D eigenvalue weighted by molar-refractivity contribution is -0.127. The van der Waals surface area contributed by atoms with Crippen molar-refractivity contribution in [3.05, 3.63) is 29.3 Å². The lowest BCUT2D eigenvalue weighted by Gasteiger charge is -2.21. The summed E-state index contributed by atoms with van der Waals surface area (Å²) in [6.07, 6.45) is -0.411. The Morgan fingerprint density at radius 1 is 1.25 bits per heavy atom. The summed E-state index contributed by atoms with van der Waals surface area (Å²) in [6.45, 7) is 5.80. The first-order chi connectivity index (χ1) is 7.45. The van der Waals surface area contributed by atoms with Crippen LogP contribution in [-0.2, 0) is 9.53 Å². The minimum absolute atomic E-state index is 0.0347. The average Bonchev–Trinajstić information content (AvgIpc) is 2.24. The molecule has 0 spiro atoms. The van der Waals surface area contributed by atoms with E-state index in [0.717, 1.165) is 16.8 Å². The van der Waals surface area contributed by atoms with Crippen LogP contribution in [-0.4, -0.2) is 26.2 Å². The molecular formula is C13H19NO2. The molecule has 0 N–H and O–H groups in total. The largest absolute Gasteiger partial charge is 0.372 e. The van der Waals surface area contributed by atoms with E-state index >= 15 is 0 Å². The number of amides is 1. The predicted molar refractivity (Wildman–Crippen MR) is 65.8 cm³/mol. The smallest absolute Gasteiger partial charge is 0.255 e. The molecule has 1 rings (SSSR count). The Labute approximate surface area is 97.0 Å². The number of benzene rings is 1. The second-order valence-electron chi connectivity index (χ2n) is 4.12. The summed E-state index contributed by atoms with van der Waals surface area (Å²) < 4.78 is 5.02. The average molecular weight is 221 g/mol. The number of hydrogen-bond acceptors (Lipinski definition) is 2. The van der Waals surface area contributed by atoms with Crippen molar-refractivity contribution in [3.8, 4) is 0 Å². The van der Waals surface area contributed by atoms with Gasteiger partial charge in [0.1, 0.15) is 6.10 Å². The highest BCUT2D eigenvalue weighted by atomic mass is 16.5. The van der Waals surface area contributed by atoms with Gasteiger partial charge in [-0.3, -0.25) is 4.79 Å². The third-order valence-corrected chi connectivity index (χ3v) is 2.63. The molecular weight excluding hydrogens is 202 g/mol. The van der Waals surface area contributed by atoms with Crippen molar-refractivity contribution >= 4 is 11.6 Å². The van der Waals surface area contributed by atoms with Crippen LogP contribution in [0.3, 0.4) is 0 Å². The molecule has 0 fully saturated rings. The number of aryl methyl sites for hydroxylation is 2. The van der Waals surface area contributed by atoms with Gasteiger partial charge in [-0.15, -0.1) is 0 Å². The third-order valence-electron chi connectivity index (χ3n) is 2.63. The fraction of sp³-hybridized carbons (Fsp3) is 0.462. The van der Waals surface area contributed by atoms with Crippen LogP contribution in [0, 0.1) is 13.8 Å². The third kappa shape index (κ3) is 2.83. The maximum atomic E-state index is 11.9. The second-order valence-corrected chi connectivity index (χ2v) is 4.12. The molecule has 0 heterocycles. The van der Waals surface area contributed by atoms with Gasteiger partial charge in [-0.1, -0.05) is 6.07 Å². The molecule has 0 aromatic heterocycles. The molecule has 0 saturated heterocycles. The van der Waals surface area contributed by atoms with Crippen LogP contribution in [0.1, 0.15) is 18.1 Å². The Balaban J connectivity index is 2.95. The van der Waals surface area contributed by atoms with Crippen molar-refractivity contribution in [3.63, 3.8) is 0 Å². The molecule has 3 heteroatoms. The zero-order chi connectivity index (χ0) is 12.3. The fourth-order valence-electron chi connectivity index (χ4n) is 1.65. The van der Waals surface area contributed by atoms with E-state index in [1.54, 1.807) is 18.9 Å². The van der Waals surface area contributed by atoms with Gasteiger partial charge in [0.15, 0.2) is 0 Å². The van der Waals surface area contributed by atoms with Gasteiger partial charge in [0.05, 0.1) is 0 Å². The van der Waals surface area contributed by atoms with Gasteiger partial charge in [0.25, 0.3) is 5.91 Å². The van der Waals surface area contributed by atoms with E-state index in [1.807, 2.05) is 26.0 Å². The summed E-state index contributed by atoms with van der Waals surface area (Å²) in [5.74, 6) is -0.0347. The molecule has 0 radical (unpaired) electrons. The SMILES string of the molecule is COC(C)C(=O)N(C)c1cc(C)cc(C)c1. The molecule has 0 bridgehead atoms. The van der Waals surface area contributed by atoms with E-state index in [0.29, 0.717) is 0 Å². The Hall–Kier alpha value is -1.35. The number of carbonyl (C=O) groups excluding carboxylic acids is 1. The van der Waals surface area contributed by atoms with Crippen LogP contribution >= 0.6 is 0 Å². The number of methoxy groups -OCH3 is 1. The molecule has 0 aliphatic carbocycles. The number of hydrogen-bond donors (Lipinski definition) is 0. The minimum atomic E-state index is -0.411. The fourth-order valence-corrected chi connectivity index (χ4v) is 1.65. The van der Waals surface area contributed by atoms with Crippen molar-refractivity contribution in [2.45, 2.75) is 26.9 Å². The monoisotopic (exact) mass is 221 g/mol. The first-order valence-corrected chi connectivity index (χ1v) is 5.34. The Kier molecular flexibility index (Phi) is 4.07. The molecule has 3 nitrogen and oxygen atoms in total. The highest BCUT2D eigenvalue weighted by Crippen LogP contribution is 2.18. The number of carbonyl (C=O) groups is 1. The first kappa shape index (κ1) is 12.7. The quantitative estimate of drug-likeness (QED) is 0.783. The zero-order valence-corrected chi connectivity index (χ0v) is 10.6. The van der Waals surface area contributed by atoms with E-state index < -0.39 is 6.10 Å². The topological polar surface area (TPSA) is 29.5 Å². The van der Waals surface area contributed by atoms with E-state index in [9.17, 15) is 4.79 Å². The highest BCUT2D eigenvalue weighted by molar-refractivity contribution is 5.95. The predicted octanol–water partition coefficient (Wildman–Crippen LogP) is 2.30. The normalized spacial score (nSPS) is 12.3. The van der Waals surface area contributed by atoms with E-state index in [4.69, 9.17) is 4.74 Å². The van der Waals surface area contributed by atoms with E-state index in [-0.39, 0.29) is 5.91 Å². The standard InChI is InChI=1S/C13H19NO2/c1-9-6-10(2)8-12(7-9)14(4)13(15)11(3)16-5/h6-8,11H,1-5H3. The van der Waals surface area contributed by atoms with Gasteiger partial charge >= 0.3 is 0 Å². The van der Waals surface area contributed by atoms with Gasteiger partial charge < -0.3 is 9.64 Å². The number of nitrogens with zero attached hydrogens (tertiary/aromatic N) is 1. The summed E-state index contributed by atoms with van der Waals surface area (Å²) in [5.41, 5.74) is 3.21. The van der Waals surface area contributed by atoms with Crippen molar-refractivity contribution in [1.82, 2.24) is 0 Å². The molecule has 16 heavy (non-hydrogen) atoms. The van der Waals surface area contributed by atoms with Crippen molar-refractivity contribution in [1.29, 1.82) is 0 Å². The van der Waals surface area contributed by atoms with E-state index in [2.05, 4.69) is 6.07 Å². The number of ether oxygens (including phenoxy) is 1. The number of likely N-dealkylation sites (N-methyl/N-ethyl adjacent to an activating group) is 1. The van der Waals surface area contributed by atoms with Gasteiger partial charge in [0.2, 0.25) is 0 Å². The Bertz CT molecular complexity index is 367. The van der Waals surface area contributed by atoms with Gasteiger partial charge in [0, 0.05) is 19.8 Å². The summed E-state index contributed by atoms with van der Waals surface area (Å²) in [5, 5.41) is 0. The van der Waals surface area contributed by atoms with Crippen LogP contribution < -0.4 is 4.90 Å². The zero-order valence-electron chi connectivity index (χ0n) is 10.6. The summed E-state index contributed by atoms with van der Waals surface area (Å²) in [4.78, 5) is 13.5. The molecule has 1 unspecified atom stereocenters. The molecule has 1 amide bonds. The molecule has 0 aliphatic rings. The van der Waals surface area contributed by atoms with Crippen LogP contribution in [0.4, 0.5) is 5.69 Å². The van der Waals surface area contributed by atoms with Crippen LogP contribution in [0.5, 0.6) is 0 Å². The maximum absolute atomic E-state index is 11.9.